The minimum Gasteiger partial charge on any atom is -0.490 e. The number of furan rings is 1. The molecule has 0 aromatic carbocycles. The van der Waals surface area contributed by atoms with Crippen molar-refractivity contribution in [3.8, 4) is 0 Å². The molecule has 2 fully saturated rings. The van der Waals surface area contributed by atoms with Crippen molar-refractivity contribution in [3.05, 3.63) is 47.6 Å². The van der Waals surface area contributed by atoms with Crippen LogP contribution in [0.1, 0.15) is 72.3 Å². The Labute approximate surface area is 196 Å². The van der Waals surface area contributed by atoms with Crippen LogP contribution in [0.25, 0.3) is 0 Å². The molecule has 33 heavy (non-hydrogen) atoms. The number of rotatable bonds is 3. The summed E-state index contributed by atoms with van der Waals surface area (Å²) in [5.74, 6) is 0.325. The number of allylic oxidation sites excluding steroid dienone is 3. The van der Waals surface area contributed by atoms with Gasteiger partial charge in [-0.1, -0.05) is 40.7 Å². The van der Waals surface area contributed by atoms with Crippen LogP contribution in [0.15, 0.2) is 46.5 Å². The van der Waals surface area contributed by atoms with Crippen molar-refractivity contribution in [1.29, 1.82) is 0 Å². The van der Waals surface area contributed by atoms with Gasteiger partial charge in [0.15, 0.2) is 11.5 Å². The van der Waals surface area contributed by atoms with Gasteiger partial charge in [0.05, 0.1) is 31.2 Å². The summed E-state index contributed by atoms with van der Waals surface area (Å²) in [6.07, 6.45) is 8.69. The largest absolute Gasteiger partial charge is 0.490 e. The van der Waals surface area contributed by atoms with Crippen LogP contribution in [0.5, 0.6) is 0 Å². The number of carbonyl (C=O) groups excluding carboxylic acids is 2. The highest BCUT2D eigenvalue weighted by molar-refractivity contribution is 6.04. The van der Waals surface area contributed by atoms with Crippen LogP contribution in [-0.4, -0.2) is 29.4 Å². The first-order valence-corrected chi connectivity index (χ1v) is 12.3. The van der Waals surface area contributed by atoms with Crippen LogP contribution >= 0.6 is 0 Å². The van der Waals surface area contributed by atoms with Gasteiger partial charge in [0, 0.05) is 21.8 Å². The molecule has 5 heteroatoms. The van der Waals surface area contributed by atoms with E-state index in [1.165, 1.54) is 0 Å². The highest BCUT2D eigenvalue weighted by Crippen LogP contribution is 2.73. The summed E-state index contributed by atoms with van der Waals surface area (Å²) >= 11 is 0. The standard InChI is InChI=1S/C28H36O5/c1-7-33-23-22(31)21(16-10-13-32-15-16)27(5)11-8-17-26(4)12-9-19(29)25(2,3)18(26)14-20(30)28(17,6)24(23)27/h9-10,12-13,15,17-18,20-21,30H,7-8,11,14H2,1-6H3/t17?,18?,20?,21?,26-,27?,28+/m1/s1. The fourth-order valence-corrected chi connectivity index (χ4v) is 8.51. The second kappa shape index (κ2) is 6.94. The first kappa shape index (κ1) is 22.6. The Morgan fingerprint density at radius 3 is 2.52 bits per heavy atom. The normalized spacial score (nSPS) is 43.8. The van der Waals surface area contributed by atoms with Gasteiger partial charge in [-0.25, -0.2) is 0 Å². The average molecular weight is 453 g/mol. The lowest BCUT2D eigenvalue weighted by atomic mass is 9.38. The predicted octanol–water partition coefficient (Wildman–Crippen LogP) is 5.21. The van der Waals surface area contributed by atoms with Gasteiger partial charge in [-0.15, -0.1) is 0 Å². The highest BCUT2D eigenvalue weighted by atomic mass is 16.5. The van der Waals surface area contributed by atoms with Crippen molar-refractivity contribution in [2.75, 3.05) is 6.61 Å². The smallest absolute Gasteiger partial charge is 0.205 e. The third-order valence-corrected chi connectivity index (χ3v) is 10.1. The molecule has 2 saturated carbocycles. The molecule has 0 aliphatic heterocycles. The maximum atomic E-state index is 13.8. The number of Topliss-reactive ketones (excluding diaryl/α,β-unsaturated/α-hetero) is 1. The van der Waals surface area contributed by atoms with Crippen LogP contribution in [0.3, 0.4) is 0 Å². The molecule has 178 valence electrons. The van der Waals surface area contributed by atoms with E-state index in [-0.39, 0.29) is 34.7 Å². The molecule has 1 heterocycles. The van der Waals surface area contributed by atoms with Crippen molar-refractivity contribution < 1.29 is 23.8 Å². The molecule has 4 aliphatic rings. The Bertz CT molecular complexity index is 1060. The SMILES string of the molecule is CCOC1=C2C(C)(CCC3[C@@]4(C)C=CC(=O)C(C)(C)C4CC(O)[C@@]23C)C(c2ccoc2)C1=O. The minimum absolute atomic E-state index is 0.00760. The van der Waals surface area contributed by atoms with Crippen molar-refractivity contribution >= 4 is 11.6 Å². The minimum atomic E-state index is -0.667. The number of ketones is 2. The van der Waals surface area contributed by atoms with E-state index in [9.17, 15) is 14.7 Å². The Kier molecular flexibility index (Phi) is 4.76. The molecule has 4 aliphatic carbocycles. The van der Waals surface area contributed by atoms with Gasteiger partial charge in [0.1, 0.15) is 0 Å². The lowest BCUT2D eigenvalue weighted by Gasteiger charge is -2.65. The fraction of sp³-hybridized carbons (Fsp3) is 0.643. The first-order valence-electron chi connectivity index (χ1n) is 12.3. The summed E-state index contributed by atoms with van der Waals surface area (Å²) < 4.78 is 11.4. The van der Waals surface area contributed by atoms with Gasteiger partial charge in [0.25, 0.3) is 0 Å². The molecule has 0 saturated heterocycles. The van der Waals surface area contributed by atoms with Crippen molar-refractivity contribution in [2.24, 2.45) is 33.5 Å². The van der Waals surface area contributed by atoms with Gasteiger partial charge in [-0.3, -0.25) is 9.59 Å². The zero-order valence-corrected chi connectivity index (χ0v) is 20.6. The van der Waals surface area contributed by atoms with Gasteiger partial charge in [-0.2, -0.15) is 0 Å². The molecular formula is C28H36O5. The van der Waals surface area contributed by atoms with Crippen molar-refractivity contribution in [3.63, 3.8) is 0 Å². The molecule has 0 spiro atoms. The predicted molar refractivity (Wildman–Crippen MR) is 124 cm³/mol. The molecule has 5 unspecified atom stereocenters. The topological polar surface area (TPSA) is 76.7 Å². The first-order chi connectivity index (χ1) is 15.4. The van der Waals surface area contributed by atoms with E-state index in [4.69, 9.17) is 9.15 Å². The van der Waals surface area contributed by atoms with Crippen LogP contribution in [-0.2, 0) is 14.3 Å². The number of aliphatic hydroxyl groups excluding tert-OH is 1. The lowest BCUT2D eigenvalue weighted by molar-refractivity contribution is -0.164. The summed E-state index contributed by atoms with van der Waals surface area (Å²) in [6, 6.07) is 1.88. The van der Waals surface area contributed by atoms with Gasteiger partial charge >= 0.3 is 0 Å². The number of carbonyl (C=O) groups is 2. The van der Waals surface area contributed by atoms with E-state index in [1.54, 1.807) is 18.6 Å². The molecule has 0 amide bonds. The quantitative estimate of drug-likeness (QED) is 0.681. The summed E-state index contributed by atoms with van der Waals surface area (Å²) in [4.78, 5) is 26.6. The average Bonchev–Trinajstić information content (AvgIpc) is 3.33. The monoisotopic (exact) mass is 452 g/mol. The van der Waals surface area contributed by atoms with Crippen LogP contribution in [0, 0.1) is 33.5 Å². The third kappa shape index (κ3) is 2.63. The summed E-state index contributed by atoms with van der Waals surface area (Å²) in [5.41, 5.74) is -0.0278. The number of hydrogen-bond donors (Lipinski definition) is 1. The van der Waals surface area contributed by atoms with Crippen molar-refractivity contribution in [2.45, 2.75) is 72.8 Å². The number of aliphatic hydroxyl groups is 1. The Balaban J connectivity index is 1.71. The molecule has 7 atom stereocenters. The Hall–Kier alpha value is -2.14. The molecule has 1 aromatic heterocycles. The second-order valence-electron chi connectivity index (χ2n) is 11.9. The van der Waals surface area contributed by atoms with Crippen molar-refractivity contribution in [1.82, 2.24) is 0 Å². The highest BCUT2D eigenvalue weighted by Gasteiger charge is 2.70. The Morgan fingerprint density at radius 1 is 1.15 bits per heavy atom. The van der Waals surface area contributed by atoms with Gasteiger partial charge < -0.3 is 14.3 Å². The molecular weight excluding hydrogens is 416 g/mol. The van der Waals surface area contributed by atoms with E-state index in [1.807, 2.05) is 26.8 Å². The maximum absolute atomic E-state index is 13.8. The van der Waals surface area contributed by atoms with Gasteiger partial charge in [0.2, 0.25) is 5.78 Å². The maximum Gasteiger partial charge on any atom is 0.205 e. The number of hydrogen-bond acceptors (Lipinski definition) is 5. The fourth-order valence-electron chi connectivity index (χ4n) is 8.51. The summed E-state index contributed by atoms with van der Waals surface area (Å²) in [6.45, 7) is 12.9. The van der Waals surface area contributed by atoms with E-state index < -0.39 is 22.3 Å². The summed E-state index contributed by atoms with van der Waals surface area (Å²) in [7, 11) is 0. The van der Waals surface area contributed by atoms with E-state index in [0.717, 1.165) is 24.0 Å². The second-order valence-corrected chi connectivity index (χ2v) is 11.9. The Morgan fingerprint density at radius 2 is 1.88 bits per heavy atom. The number of fused-ring (bicyclic) bond motifs is 5. The van der Waals surface area contributed by atoms with E-state index in [0.29, 0.717) is 18.8 Å². The van der Waals surface area contributed by atoms with E-state index in [2.05, 4.69) is 26.8 Å². The third-order valence-electron chi connectivity index (χ3n) is 10.1. The zero-order valence-electron chi connectivity index (χ0n) is 20.6. The molecule has 1 N–H and O–H groups in total. The van der Waals surface area contributed by atoms with Gasteiger partial charge in [-0.05, 0) is 61.2 Å². The lowest BCUT2D eigenvalue weighted by Crippen LogP contribution is -2.63. The van der Waals surface area contributed by atoms with E-state index >= 15 is 0 Å². The molecule has 5 nitrogen and oxygen atoms in total. The number of ether oxygens (including phenoxy) is 1. The zero-order chi connectivity index (χ0) is 24.0. The summed E-state index contributed by atoms with van der Waals surface area (Å²) in [5, 5.41) is 11.8. The van der Waals surface area contributed by atoms with Crippen LogP contribution in [0.4, 0.5) is 0 Å². The molecule has 1 aromatic rings. The molecule has 0 radical (unpaired) electrons. The van der Waals surface area contributed by atoms with Crippen LogP contribution in [0.2, 0.25) is 0 Å². The molecule has 0 bridgehead atoms. The van der Waals surface area contributed by atoms with Crippen LogP contribution < -0.4 is 0 Å². The molecule has 5 rings (SSSR count).